The molecule has 0 radical (unpaired) electrons. The molecule has 1 N–H and O–H groups in total. The van der Waals surface area contributed by atoms with E-state index in [1.54, 1.807) is 18.2 Å². The van der Waals surface area contributed by atoms with Crippen molar-refractivity contribution in [2.75, 3.05) is 4.72 Å². The van der Waals surface area contributed by atoms with Crippen molar-refractivity contribution < 1.29 is 12.8 Å². The maximum atomic E-state index is 12.6. The zero-order valence-electron chi connectivity index (χ0n) is 13.7. The summed E-state index contributed by atoms with van der Waals surface area (Å²) in [6.07, 6.45) is 0. The molecule has 0 aliphatic heterocycles. The molecule has 0 spiro atoms. The van der Waals surface area contributed by atoms with Crippen molar-refractivity contribution in [2.45, 2.75) is 4.90 Å². The van der Waals surface area contributed by atoms with Crippen LogP contribution < -0.4 is 4.72 Å². The first kappa shape index (κ1) is 17.9. The molecule has 0 saturated heterocycles. The molecule has 3 aromatic carbocycles. The van der Waals surface area contributed by atoms with Crippen LogP contribution in [-0.4, -0.2) is 13.4 Å². The number of fused-ring (bicyclic) bond motifs is 1. The van der Waals surface area contributed by atoms with E-state index in [-0.39, 0.29) is 14.9 Å². The Morgan fingerprint density at radius 2 is 1.67 bits per heavy atom. The van der Waals surface area contributed by atoms with Crippen LogP contribution >= 0.6 is 23.2 Å². The maximum Gasteiger partial charge on any atom is 0.261 e. The van der Waals surface area contributed by atoms with Gasteiger partial charge in [-0.1, -0.05) is 41.4 Å². The Bertz CT molecular complexity index is 1240. The molecule has 0 aliphatic rings. The first-order valence-electron chi connectivity index (χ1n) is 7.86. The molecule has 27 heavy (non-hydrogen) atoms. The van der Waals surface area contributed by atoms with Crippen molar-refractivity contribution in [3.63, 3.8) is 0 Å². The molecular weight excluding hydrogens is 407 g/mol. The molecule has 1 aromatic heterocycles. The van der Waals surface area contributed by atoms with Gasteiger partial charge in [-0.2, -0.15) is 0 Å². The smallest absolute Gasteiger partial charge is 0.261 e. The number of hydrogen-bond acceptors (Lipinski definition) is 4. The van der Waals surface area contributed by atoms with E-state index in [9.17, 15) is 8.42 Å². The van der Waals surface area contributed by atoms with Crippen molar-refractivity contribution in [3.8, 4) is 11.5 Å². The van der Waals surface area contributed by atoms with Crippen LogP contribution in [-0.2, 0) is 10.0 Å². The number of halogens is 2. The highest BCUT2D eigenvalue weighted by Gasteiger charge is 2.17. The van der Waals surface area contributed by atoms with E-state index in [0.717, 1.165) is 5.56 Å². The molecule has 8 heteroatoms. The highest BCUT2D eigenvalue weighted by atomic mass is 35.5. The van der Waals surface area contributed by atoms with Crippen LogP contribution in [0.5, 0.6) is 0 Å². The highest BCUT2D eigenvalue weighted by Crippen LogP contribution is 2.28. The summed E-state index contributed by atoms with van der Waals surface area (Å²) < 4.78 is 33.4. The van der Waals surface area contributed by atoms with Gasteiger partial charge >= 0.3 is 0 Å². The summed E-state index contributed by atoms with van der Waals surface area (Å²) in [5.74, 6) is 0.468. The fourth-order valence-electron chi connectivity index (χ4n) is 2.55. The van der Waals surface area contributed by atoms with Gasteiger partial charge in [0, 0.05) is 5.56 Å². The van der Waals surface area contributed by atoms with E-state index in [1.165, 1.54) is 18.2 Å². The molecule has 0 bridgehead atoms. The van der Waals surface area contributed by atoms with E-state index in [0.29, 0.717) is 22.7 Å². The van der Waals surface area contributed by atoms with E-state index < -0.39 is 10.0 Å². The summed E-state index contributed by atoms with van der Waals surface area (Å²) >= 11 is 11.8. The van der Waals surface area contributed by atoms with Gasteiger partial charge in [-0.25, -0.2) is 13.4 Å². The summed E-state index contributed by atoms with van der Waals surface area (Å²) in [5, 5.41) is 0.451. The van der Waals surface area contributed by atoms with Gasteiger partial charge < -0.3 is 4.42 Å². The van der Waals surface area contributed by atoms with Gasteiger partial charge in [-0.05, 0) is 48.5 Å². The van der Waals surface area contributed by atoms with Gasteiger partial charge in [0.2, 0.25) is 5.89 Å². The first-order chi connectivity index (χ1) is 12.9. The lowest BCUT2D eigenvalue weighted by molar-refractivity contribution is 0.601. The monoisotopic (exact) mass is 418 g/mol. The van der Waals surface area contributed by atoms with Gasteiger partial charge in [-0.15, -0.1) is 0 Å². The molecule has 136 valence electrons. The number of nitrogens with one attached hydrogen (secondary N) is 1. The molecule has 5 nitrogen and oxygen atoms in total. The number of aromatic nitrogens is 1. The summed E-state index contributed by atoms with van der Waals surface area (Å²) in [5.41, 5.74) is 2.31. The number of oxazole rings is 1. The van der Waals surface area contributed by atoms with Crippen LogP contribution in [0.15, 0.2) is 76.0 Å². The number of rotatable bonds is 4. The topological polar surface area (TPSA) is 72.2 Å². The number of sulfonamides is 1. The zero-order valence-corrected chi connectivity index (χ0v) is 16.0. The van der Waals surface area contributed by atoms with Crippen molar-refractivity contribution in [2.24, 2.45) is 0 Å². The predicted octanol–water partition coefficient (Wildman–Crippen LogP) is 5.60. The minimum Gasteiger partial charge on any atom is -0.436 e. The standard InChI is InChI=1S/C19H12Cl2N2O3S/c20-15-8-7-14(11-16(15)21)27(24,25)23-13-6-9-18-17(10-13)22-19(26-18)12-4-2-1-3-5-12/h1-11,23H. The Hall–Kier alpha value is -2.54. The van der Waals surface area contributed by atoms with Crippen molar-refractivity contribution >= 4 is 50.0 Å². The van der Waals surface area contributed by atoms with Crippen molar-refractivity contribution in [1.29, 1.82) is 0 Å². The van der Waals surface area contributed by atoms with Crippen LogP contribution in [0.1, 0.15) is 0 Å². The minimum atomic E-state index is -3.82. The molecule has 0 fully saturated rings. The van der Waals surface area contributed by atoms with Gasteiger partial charge in [0.05, 0.1) is 20.6 Å². The number of anilines is 1. The Morgan fingerprint density at radius 1 is 0.889 bits per heavy atom. The van der Waals surface area contributed by atoms with Crippen LogP contribution in [0.3, 0.4) is 0 Å². The van der Waals surface area contributed by atoms with Gasteiger partial charge in [-0.3, -0.25) is 4.72 Å². The molecular formula is C19H12Cl2N2O3S. The summed E-state index contributed by atoms with van der Waals surface area (Å²) in [4.78, 5) is 4.45. The van der Waals surface area contributed by atoms with Crippen LogP contribution in [0, 0.1) is 0 Å². The fourth-order valence-corrected chi connectivity index (χ4v) is 3.99. The number of hydrogen-bond donors (Lipinski definition) is 1. The SMILES string of the molecule is O=S(=O)(Nc1ccc2oc(-c3ccccc3)nc2c1)c1ccc(Cl)c(Cl)c1. The lowest BCUT2D eigenvalue weighted by Crippen LogP contribution is -2.12. The van der Waals surface area contributed by atoms with E-state index in [1.807, 2.05) is 30.3 Å². The molecule has 0 aliphatic carbocycles. The minimum absolute atomic E-state index is 0.0159. The highest BCUT2D eigenvalue weighted by molar-refractivity contribution is 7.92. The van der Waals surface area contributed by atoms with Gasteiger partial charge in [0.1, 0.15) is 5.52 Å². The number of benzene rings is 3. The molecule has 0 saturated carbocycles. The molecule has 4 rings (SSSR count). The van der Waals surface area contributed by atoms with E-state index in [2.05, 4.69) is 9.71 Å². The van der Waals surface area contributed by atoms with Gasteiger partial charge in [0.25, 0.3) is 10.0 Å². The Kier molecular flexibility index (Phi) is 4.55. The summed E-state index contributed by atoms with van der Waals surface area (Å²) in [6.45, 7) is 0. The molecule has 4 aromatic rings. The maximum absolute atomic E-state index is 12.6. The molecule has 0 unspecified atom stereocenters. The second kappa shape index (κ2) is 6.88. The van der Waals surface area contributed by atoms with Crippen LogP contribution in [0.4, 0.5) is 5.69 Å². The average Bonchev–Trinajstić information content (AvgIpc) is 3.07. The summed E-state index contributed by atoms with van der Waals surface area (Å²) in [6, 6.07) is 18.5. The normalized spacial score (nSPS) is 11.6. The van der Waals surface area contributed by atoms with Crippen molar-refractivity contribution in [3.05, 3.63) is 76.8 Å². The van der Waals surface area contributed by atoms with Gasteiger partial charge in [0.15, 0.2) is 5.58 Å². The Balaban J connectivity index is 1.67. The average molecular weight is 419 g/mol. The number of nitrogens with zero attached hydrogens (tertiary/aromatic N) is 1. The third-order valence-electron chi connectivity index (χ3n) is 3.86. The van der Waals surface area contributed by atoms with Crippen LogP contribution in [0.2, 0.25) is 10.0 Å². The lowest BCUT2D eigenvalue weighted by atomic mass is 10.2. The molecule has 0 atom stereocenters. The quantitative estimate of drug-likeness (QED) is 0.467. The van der Waals surface area contributed by atoms with Crippen molar-refractivity contribution in [1.82, 2.24) is 4.98 Å². The van der Waals surface area contributed by atoms with E-state index >= 15 is 0 Å². The lowest BCUT2D eigenvalue weighted by Gasteiger charge is -2.08. The third kappa shape index (κ3) is 3.64. The van der Waals surface area contributed by atoms with E-state index in [4.69, 9.17) is 27.6 Å². The second-order valence-corrected chi connectivity index (χ2v) is 8.25. The summed E-state index contributed by atoms with van der Waals surface area (Å²) in [7, 11) is -3.82. The first-order valence-corrected chi connectivity index (χ1v) is 10.1. The fraction of sp³-hybridized carbons (Fsp3) is 0. The zero-order chi connectivity index (χ0) is 19.0. The predicted molar refractivity (Wildman–Crippen MR) is 107 cm³/mol. The third-order valence-corrected chi connectivity index (χ3v) is 5.98. The Morgan fingerprint density at radius 3 is 2.41 bits per heavy atom. The molecule has 1 heterocycles. The Labute approximate surface area is 165 Å². The van der Waals surface area contributed by atoms with Crippen LogP contribution in [0.25, 0.3) is 22.6 Å². The molecule has 0 amide bonds. The largest absolute Gasteiger partial charge is 0.436 e. The second-order valence-electron chi connectivity index (χ2n) is 5.75.